The summed E-state index contributed by atoms with van der Waals surface area (Å²) < 4.78 is 0. The summed E-state index contributed by atoms with van der Waals surface area (Å²) >= 11 is 1.91. The molecule has 84 valence electrons. The van der Waals surface area contributed by atoms with Crippen molar-refractivity contribution in [2.75, 3.05) is 6.54 Å². The quantitative estimate of drug-likeness (QED) is 0.697. The van der Waals surface area contributed by atoms with E-state index in [1.165, 1.54) is 50.6 Å². The van der Waals surface area contributed by atoms with Crippen LogP contribution in [0.4, 0.5) is 0 Å². The van der Waals surface area contributed by atoms with Gasteiger partial charge in [-0.1, -0.05) is 6.42 Å². The molecule has 0 atom stereocenters. The zero-order chi connectivity index (χ0) is 10.5. The Kier molecular flexibility index (Phi) is 4.21. The van der Waals surface area contributed by atoms with Gasteiger partial charge in [-0.15, -0.1) is 11.3 Å². The van der Waals surface area contributed by atoms with E-state index in [-0.39, 0.29) is 0 Å². The number of hydrogen-bond acceptors (Lipinski definition) is 2. The predicted molar refractivity (Wildman–Crippen MR) is 67.6 cm³/mol. The summed E-state index contributed by atoms with van der Waals surface area (Å²) in [5, 5.41) is 5.77. The predicted octanol–water partition coefficient (Wildman–Crippen LogP) is 3.52. The van der Waals surface area contributed by atoms with E-state index in [9.17, 15) is 0 Å². The van der Waals surface area contributed by atoms with Crippen LogP contribution in [0, 0.1) is 6.92 Å². The third kappa shape index (κ3) is 3.96. The van der Waals surface area contributed by atoms with Crippen molar-refractivity contribution < 1.29 is 0 Å². The lowest BCUT2D eigenvalue weighted by atomic mass is 10.1. The fraction of sp³-hybridized carbons (Fsp3) is 0.692. The lowest BCUT2D eigenvalue weighted by molar-refractivity contribution is 0.601. The summed E-state index contributed by atoms with van der Waals surface area (Å²) in [5.74, 6) is 0. The van der Waals surface area contributed by atoms with Crippen LogP contribution in [0.3, 0.4) is 0 Å². The Morgan fingerprint density at radius 1 is 1.33 bits per heavy atom. The van der Waals surface area contributed by atoms with Crippen LogP contribution in [0.1, 0.15) is 42.5 Å². The molecule has 0 radical (unpaired) electrons. The Labute approximate surface area is 96.9 Å². The third-order valence-corrected chi connectivity index (χ3v) is 4.14. The molecule has 1 aliphatic rings. The highest BCUT2D eigenvalue weighted by atomic mass is 32.1. The maximum Gasteiger partial charge on any atom is 0.00743 e. The first kappa shape index (κ1) is 11.2. The Balaban J connectivity index is 1.49. The van der Waals surface area contributed by atoms with Crippen molar-refractivity contribution >= 4 is 11.3 Å². The molecule has 1 fully saturated rings. The summed E-state index contributed by atoms with van der Waals surface area (Å²) in [7, 11) is 0. The minimum absolute atomic E-state index is 0.879. The molecule has 0 spiro atoms. The lowest BCUT2D eigenvalue weighted by Crippen LogP contribution is -2.17. The van der Waals surface area contributed by atoms with Crippen molar-refractivity contribution in [1.82, 2.24) is 5.32 Å². The molecule has 1 aliphatic carbocycles. The van der Waals surface area contributed by atoms with Crippen LogP contribution < -0.4 is 5.32 Å². The Morgan fingerprint density at radius 3 is 2.87 bits per heavy atom. The highest BCUT2D eigenvalue weighted by Crippen LogP contribution is 2.19. The first-order chi connectivity index (χ1) is 7.36. The van der Waals surface area contributed by atoms with Gasteiger partial charge in [-0.2, -0.15) is 0 Å². The van der Waals surface area contributed by atoms with E-state index in [4.69, 9.17) is 0 Å². The molecule has 1 saturated carbocycles. The van der Waals surface area contributed by atoms with E-state index in [0.717, 1.165) is 6.04 Å². The molecule has 1 N–H and O–H groups in total. The van der Waals surface area contributed by atoms with Gasteiger partial charge < -0.3 is 5.32 Å². The van der Waals surface area contributed by atoms with E-state index in [2.05, 4.69) is 23.7 Å². The fourth-order valence-electron chi connectivity index (χ4n) is 1.84. The minimum Gasteiger partial charge on any atom is -0.314 e. The van der Waals surface area contributed by atoms with Gasteiger partial charge in [0.15, 0.2) is 0 Å². The molecule has 0 aliphatic heterocycles. The number of nitrogens with one attached hydrogen (secondary N) is 1. The van der Waals surface area contributed by atoms with Crippen LogP contribution in [0.15, 0.2) is 11.4 Å². The van der Waals surface area contributed by atoms with Crippen LogP contribution >= 0.6 is 11.3 Å². The molecule has 0 amide bonds. The van der Waals surface area contributed by atoms with Crippen molar-refractivity contribution in [2.24, 2.45) is 0 Å². The van der Waals surface area contributed by atoms with E-state index in [1.54, 1.807) is 4.88 Å². The normalized spacial score (nSPS) is 15.8. The molecule has 0 unspecified atom stereocenters. The zero-order valence-electron chi connectivity index (χ0n) is 9.59. The van der Waals surface area contributed by atoms with Crippen molar-refractivity contribution in [3.8, 4) is 0 Å². The molecule has 0 bridgehead atoms. The minimum atomic E-state index is 0.879. The van der Waals surface area contributed by atoms with Gasteiger partial charge in [0.2, 0.25) is 0 Å². The summed E-state index contributed by atoms with van der Waals surface area (Å²) in [6.07, 6.45) is 8.18. The summed E-state index contributed by atoms with van der Waals surface area (Å²) in [6.45, 7) is 3.45. The van der Waals surface area contributed by atoms with E-state index in [1.807, 2.05) is 11.3 Å². The van der Waals surface area contributed by atoms with Gasteiger partial charge >= 0.3 is 0 Å². The maximum atomic E-state index is 3.56. The summed E-state index contributed by atoms with van der Waals surface area (Å²) in [5.41, 5.74) is 1.48. The Bertz CT molecular complexity index is 288. The van der Waals surface area contributed by atoms with Gasteiger partial charge in [0.1, 0.15) is 0 Å². The number of aryl methyl sites for hydroxylation is 2. The van der Waals surface area contributed by atoms with Gasteiger partial charge in [0, 0.05) is 10.9 Å². The van der Waals surface area contributed by atoms with Gasteiger partial charge in [-0.25, -0.2) is 0 Å². The summed E-state index contributed by atoms with van der Waals surface area (Å²) in [4.78, 5) is 1.59. The molecule has 15 heavy (non-hydrogen) atoms. The smallest absolute Gasteiger partial charge is 0.00743 e. The molecule has 1 aromatic rings. The van der Waals surface area contributed by atoms with E-state index >= 15 is 0 Å². The zero-order valence-corrected chi connectivity index (χ0v) is 10.4. The summed E-state index contributed by atoms with van der Waals surface area (Å²) in [6, 6.07) is 3.11. The lowest BCUT2D eigenvalue weighted by Gasteiger charge is -2.02. The average Bonchev–Trinajstić information content (AvgIpc) is 2.96. The number of rotatable bonds is 7. The highest BCUT2D eigenvalue weighted by Gasteiger charge is 2.19. The fourth-order valence-corrected chi connectivity index (χ4v) is 2.79. The van der Waals surface area contributed by atoms with Crippen LogP contribution in [0.2, 0.25) is 0 Å². The number of unbranched alkanes of at least 4 members (excludes halogenated alkanes) is 2. The van der Waals surface area contributed by atoms with Crippen LogP contribution in [0.5, 0.6) is 0 Å². The molecule has 0 aromatic carbocycles. The Morgan fingerprint density at radius 2 is 2.20 bits per heavy atom. The molecule has 1 aromatic heterocycles. The molecule has 1 nitrogen and oxygen atoms in total. The second-order valence-corrected chi connectivity index (χ2v) is 5.57. The van der Waals surface area contributed by atoms with Gasteiger partial charge in [0.25, 0.3) is 0 Å². The molecule has 1 heterocycles. The van der Waals surface area contributed by atoms with E-state index < -0.39 is 0 Å². The molecular weight excluding hydrogens is 202 g/mol. The molecular formula is C13H21NS. The monoisotopic (exact) mass is 223 g/mol. The molecule has 2 heteroatoms. The van der Waals surface area contributed by atoms with Crippen molar-refractivity contribution in [2.45, 2.75) is 51.5 Å². The largest absolute Gasteiger partial charge is 0.314 e. The van der Waals surface area contributed by atoms with E-state index in [0.29, 0.717) is 0 Å². The van der Waals surface area contributed by atoms with Crippen molar-refractivity contribution in [3.63, 3.8) is 0 Å². The van der Waals surface area contributed by atoms with Crippen LogP contribution in [-0.2, 0) is 6.42 Å². The molecule has 2 rings (SSSR count). The second kappa shape index (κ2) is 5.66. The highest BCUT2D eigenvalue weighted by molar-refractivity contribution is 7.10. The number of thiophene rings is 1. The van der Waals surface area contributed by atoms with Gasteiger partial charge in [0.05, 0.1) is 0 Å². The maximum absolute atomic E-state index is 3.56. The van der Waals surface area contributed by atoms with Gasteiger partial charge in [-0.05, 0) is 62.6 Å². The van der Waals surface area contributed by atoms with Crippen LogP contribution in [0.25, 0.3) is 0 Å². The van der Waals surface area contributed by atoms with Crippen LogP contribution in [-0.4, -0.2) is 12.6 Å². The Hall–Kier alpha value is -0.340. The molecule has 0 saturated heterocycles. The SMILES string of the molecule is Cc1ccsc1CCCCCNC1CC1. The average molecular weight is 223 g/mol. The number of hydrogen-bond donors (Lipinski definition) is 1. The first-order valence-electron chi connectivity index (χ1n) is 6.12. The van der Waals surface area contributed by atoms with Gasteiger partial charge in [-0.3, -0.25) is 0 Å². The first-order valence-corrected chi connectivity index (χ1v) is 7.00. The topological polar surface area (TPSA) is 12.0 Å². The van der Waals surface area contributed by atoms with Crippen molar-refractivity contribution in [3.05, 3.63) is 21.9 Å². The second-order valence-electron chi connectivity index (χ2n) is 4.57. The standard InChI is InChI=1S/C13H21NS/c1-11-8-10-15-13(11)5-3-2-4-9-14-12-6-7-12/h8,10,12,14H,2-7,9H2,1H3. The third-order valence-electron chi connectivity index (χ3n) is 3.06. The van der Waals surface area contributed by atoms with Crippen molar-refractivity contribution in [1.29, 1.82) is 0 Å².